The molecule has 0 amide bonds. The van der Waals surface area contributed by atoms with E-state index in [0.717, 1.165) is 4.88 Å². The predicted molar refractivity (Wildman–Crippen MR) is 79.1 cm³/mol. The van der Waals surface area contributed by atoms with Crippen LogP contribution in [0.25, 0.3) is 0 Å². The van der Waals surface area contributed by atoms with Crippen LogP contribution >= 0.6 is 11.3 Å². The van der Waals surface area contributed by atoms with Crippen molar-refractivity contribution in [2.75, 3.05) is 18.6 Å². The van der Waals surface area contributed by atoms with E-state index in [0.29, 0.717) is 13.0 Å². The van der Waals surface area contributed by atoms with Crippen LogP contribution in [0.15, 0.2) is 16.3 Å². The van der Waals surface area contributed by atoms with Gasteiger partial charge in [0, 0.05) is 17.0 Å². The molecule has 114 valence electrons. The van der Waals surface area contributed by atoms with Gasteiger partial charge in [-0.2, -0.15) is 0 Å². The number of hydrogen-bond acceptors (Lipinski definition) is 6. The van der Waals surface area contributed by atoms with Gasteiger partial charge in [-0.3, -0.25) is 0 Å². The van der Waals surface area contributed by atoms with E-state index < -0.39 is 25.4 Å². The van der Waals surface area contributed by atoms with E-state index >= 15 is 0 Å². The standard InChI is InChI=1S/C11H18N2O4S3/c1-11(5-6-19(14,15)8-11)13-20(16,17)10-4-3-9(18-10)7-12-2/h3-4,12-13H,5-8H2,1-2H3. The van der Waals surface area contributed by atoms with Crippen LogP contribution in [0.5, 0.6) is 0 Å². The number of sulfonamides is 1. The van der Waals surface area contributed by atoms with Crippen molar-refractivity contribution in [3.63, 3.8) is 0 Å². The zero-order chi connectivity index (χ0) is 15.0. The van der Waals surface area contributed by atoms with Gasteiger partial charge in [0.05, 0.1) is 11.5 Å². The van der Waals surface area contributed by atoms with E-state index in [1.165, 1.54) is 11.3 Å². The minimum Gasteiger partial charge on any atom is -0.315 e. The minimum absolute atomic E-state index is 0.0292. The van der Waals surface area contributed by atoms with E-state index in [2.05, 4.69) is 10.0 Å². The first-order valence-electron chi connectivity index (χ1n) is 6.14. The lowest BCUT2D eigenvalue weighted by atomic mass is 10.0. The van der Waals surface area contributed by atoms with Crippen molar-refractivity contribution in [3.8, 4) is 0 Å². The van der Waals surface area contributed by atoms with Gasteiger partial charge in [0.2, 0.25) is 0 Å². The van der Waals surface area contributed by atoms with Gasteiger partial charge >= 0.3 is 0 Å². The zero-order valence-corrected chi connectivity index (χ0v) is 13.8. The number of rotatable bonds is 5. The van der Waals surface area contributed by atoms with E-state index in [9.17, 15) is 16.8 Å². The summed E-state index contributed by atoms with van der Waals surface area (Å²) in [6, 6.07) is 3.30. The summed E-state index contributed by atoms with van der Waals surface area (Å²) in [5.74, 6) is -0.116. The molecule has 6 nitrogen and oxygen atoms in total. The summed E-state index contributed by atoms with van der Waals surface area (Å²) in [5, 5.41) is 2.96. The molecule has 1 aliphatic heterocycles. The normalized spacial score (nSPS) is 25.9. The van der Waals surface area contributed by atoms with Gasteiger partial charge in [0.15, 0.2) is 9.84 Å². The summed E-state index contributed by atoms with van der Waals surface area (Å²) < 4.78 is 50.4. The molecule has 20 heavy (non-hydrogen) atoms. The molecule has 0 aromatic carbocycles. The highest BCUT2D eigenvalue weighted by molar-refractivity contribution is 7.92. The van der Waals surface area contributed by atoms with Gasteiger partial charge in [-0.15, -0.1) is 11.3 Å². The Balaban J connectivity index is 2.19. The summed E-state index contributed by atoms with van der Waals surface area (Å²) >= 11 is 1.18. The molecule has 2 N–H and O–H groups in total. The second-order valence-electron chi connectivity index (χ2n) is 5.26. The molecule has 1 aliphatic rings. The molecule has 1 unspecified atom stereocenters. The number of sulfone groups is 1. The van der Waals surface area contributed by atoms with E-state index in [1.807, 2.05) is 0 Å². The van der Waals surface area contributed by atoms with Crippen molar-refractivity contribution in [2.24, 2.45) is 0 Å². The molecule has 1 atom stereocenters. The fraction of sp³-hybridized carbons (Fsp3) is 0.636. The Bertz CT molecular complexity index is 693. The third-order valence-electron chi connectivity index (χ3n) is 3.14. The van der Waals surface area contributed by atoms with Crippen LogP contribution in [0.1, 0.15) is 18.2 Å². The molecule has 0 bridgehead atoms. The molecule has 1 saturated heterocycles. The van der Waals surface area contributed by atoms with Crippen molar-refractivity contribution < 1.29 is 16.8 Å². The van der Waals surface area contributed by atoms with Gasteiger partial charge in [-0.1, -0.05) is 0 Å². The Morgan fingerprint density at radius 3 is 2.65 bits per heavy atom. The molecule has 2 heterocycles. The zero-order valence-electron chi connectivity index (χ0n) is 11.3. The van der Waals surface area contributed by atoms with Gasteiger partial charge < -0.3 is 5.32 Å². The van der Waals surface area contributed by atoms with E-state index in [4.69, 9.17) is 0 Å². The Morgan fingerprint density at radius 1 is 1.40 bits per heavy atom. The molecular weight excluding hydrogens is 320 g/mol. The number of nitrogens with one attached hydrogen (secondary N) is 2. The SMILES string of the molecule is CNCc1ccc(S(=O)(=O)NC2(C)CCS(=O)(=O)C2)s1. The fourth-order valence-electron chi connectivity index (χ4n) is 2.24. The molecule has 0 radical (unpaired) electrons. The quantitative estimate of drug-likeness (QED) is 0.807. The topological polar surface area (TPSA) is 92.3 Å². The molecule has 2 rings (SSSR count). The maximum atomic E-state index is 12.3. The van der Waals surface area contributed by atoms with Gasteiger partial charge in [-0.25, -0.2) is 21.6 Å². The maximum Gasteiger partial charge on any atom is 0.250 e. The molecule has 1 fully saturated rings. The highest BCUT2D eigenvalue weighted by Crippen LogP contribution is 2.27. The third-order valence-corrected chi connectivity index (χ3v) is 8.26. The lowest BCUT2D eigenvalue weighted by molar-refractivity contribution is 0.462. The lowest BCUT2D eigenvalue weighted by Gasteiger charge is -2.22. The van der Waals surface area contributed by atoms with E-state index in [1.54, 1.807) is 26.1 Å². The minimum atomic E-state index is -3.67. The Morgan fingerprint density at radius 2 is 2.10 bits per heavy atom. The third kappa shape index (κ3) is 3.59. The summed E-state index contributed by atoms with van der Waals surface area (Å²) in [5.41, 5.74) is -0.912. The van der Waals surface area contributed by atoms with Crippen LogP contribution in [-0.4, -0.2) is 40.9 Å². The Labute approximate surface area is 123 Å². The van der Waals surface area contributed by atoms with Crippen LogP contribution < -0.4 is 10.0 Å². The largest absolute Gasteiger partial charge is 0.315 e. The first-order valence-corrected chi connectivity index (χ1v) is 10.3. The monoisotopic (exact) mass is 338 g/mol. The second kappa shape index (κ2) is 5.38. The number of hydrogen-bond donors (Lipinski definition) is 2. The fourth-order valence-corrected chi connectivity index (χ4v) is 7.22. The first kappa shape index (κ1) is 15.9. The second-order valence-corrected chi connectivity index (χ2v) is 10.5. The molecule has 9 heteroatoms. The molecule has 0 spiro atoms. The molecular formula is C11H18N2O4S3. The van der Waals surface area contributed by atoms with Gasteiger partial charge in [0.25, 0.3) is 10.0 Å². The highest BCUT2D eigenvalue weighted by atomic mass is 32.2. The maximum absolute atomic E-state index is 12.3. The predicted octanol–water partition coefficient (Wildman–Crippen LogP) is 0.323. The highest BCUT2D eigenvalue weighted by Gasteiger charge is 2.41. The average molecular weight is 338 g/mol. The van der Waals surface area contributed by atoms with Crippen LogP contribution in [0.4, 0.5) is 0 Å². The molecule has 0 saturated carbocycles. The molecule has 0 aliphatic carbocycles. The molecule has 1 aromatic rings. The summed E-state index contributed by atoms with van der Waals surface area (Å²) in [6.07, 6.45) is 0.309. The van der Waals surface area contributed by atoms with E-state index in [-0.39, 0.29) is 15.7 Å². The van der Waals surface area contributed by atoms with Crippen molar-refractivity contribution in [3.05, 3.63) is 17.0 Å². The summed E-state index contributed by atoms with van der Waals surface area (Å²) in [4.78, 5) is 0.914. The number of thiophene rings is 1. The smallest absolute Gasteiger partial charge is 0.250 e. The lowest BCUT2D eigenvalue weighted by Crippen LogP contribution is -2.46. The van der Waals surface area contributed by atoms with Crippen molar-refractivity contribution in [2.45, 2.75) is 29.6 Å². The van der Waals surface area contributed by atoms with Crippen LogP contribution in [-0.2, 0) is 26.4 Å². The van der Waals surface area contributed by atoms with Crippen LogP contribution in [0.2, 0.25) is 0 Å². The van der Waals surface area contributed by atoms with Crippen LogP contribution in [0, 0.1) is 0 Å². The first-order chi connectivity index (χ1) is 9.16. The van der Waals surface area contributed by atoms with Gasteiger partial charge in [-0.05, 0) is 32.5 Å². The van der Waals surface area contributed by atoms with Crippen LogP contribution in [0.3, 0.4) is 0 Å². The van der Waals surface area contributed by atoms with Crippen molar-refractivity contribution in [1.82, 2.24) is 10.0 Å². The Kier molecular flexibility index (Phi) is 4.27. The van der Waals surface area contributed by atoms with Crippen molar-refractivity contribution >= 4 is 31.2 Å². The summed E-state index contributed by atoms with van der Waals surface area (Å²) in [7, 11) is -5.03. The molecule has 1 aromatic heterocycles. The van der Waals surface area contributed by atoms with Gasteiger partial charge in [0.1, 0.15) is 4.21 Å². The summed E-state index contributed by atoms with van der Waals surface area (Å²) in [6.45, 7) is 2.24. The van der Waals surface area contributed by atoms with Crippen molar-refractivity contribution in [1.29, 1.82) is 0 Å². The Hall–Kier alpha value is -0.480. The average Bonchev–Trinajstić information content (AvgIpc) is 2.84.